The van der Waals surface area contributed by atoms with Gasteiger partial charge in [0.15, 0.2) is 6.61 Å². The number of rotatable bonds is 9. The average molecular weight is 278 g/mol. The van der Waals surface area contributed by atoms with Crippen LogP contribution in [0.5, 0.6) is 11.5 Å². The average Bonchev–Trinajstić information content (AvgIpc) is 2.49. The van der Waals surface area contributed by atoms with Crippen molar-refractivity contribution < 1.29 is 14.3 Å². The maximum absolute atomic E-state index is 11.5. The molecule has 20 heavy (non-hydrogen) atoms. The van der Waals surface area contributed by atoms with Gasteiger partial charge in [-0.15, -0.1) is 6.58 Å². The van der Waals surface area contributed by atoms with Gasteiger partial charge in [0.25, 0.3) is 5.91 Å². The van der Waals surface area contributed by atoms with Gasteiger partial charge in [-0.25, -0.2) is 0 Å². The Labute approximate surface area is 120 Å². The summed E-state index contributed by atoms with van der Waals surface area (Å²) >= 11 is 0. The van der Waals surface area contributed by atoms with E-state index in [1.165, 1.54) is 0 Å². The third-order valence-corrected chi connectivity index (χ3v) is 2.64. The smallest absolute Gasteiger partial charge is 0.258 e. The highest BCUT2D eigenvalue weighted by molar-refractivity contribution is 5.77. The number of hydrogen-bond acceptors (Lipinski definition) is 4. The first kappa shape index (κ1) is 16.0. The highest BCUT2D eigenvalue weighted by atomic mass is 16.5. The molecular weight excluding hydrogens is 256 g/mol. The summed E-state index contributed by atoms with van der Waals surface area (Å²) in [5.74, 6) is 1.17. The summed E-state index contributed by atoms with van der Waals surface area (Å²) in [7, 11) is 1.60. The quantitative estimate of drug-likeness (QED) is 0.672. The molecule has 2 N–H and O–H groups in total. The van der Waals surface area contributed by atoms with Crippen LogP contribution in [0.4, 0.5) is 0 Å². The van der Waals surface area contributed by atoms with Crippen molar-refractivity contribution >= 4 is 5.91 Å². The zero-order valence-corrected chi connectivity index (χ0v) is 12.1. The van der Waals surface area contributed by atoms with Gasteiger partial charge in [-0.2, -0.15) is 0 Å². The van der Waals surface area contributed by atoms with E-state index in [9.17, 15) is 4.79 Å². The third kappa shape index (κ3) is 5.32. The lowest BCUT2D eigenvalue weighted by atomic mass is 10.2. The maximum atomic E-state index is 11.5. The van der Waals surface area contributed by atoms with Crippen molar-refractivity contribution in [1.82, 2.24) is 10.6 Å². The van der Waals surface area contributed by atoms with Crippen LogP contribution in [0.2, 0.25) is 0 Å². The van der Waals surface area contributed by atoms with E-state index < -0.39 is 0 Å². The predicted octanol–water partition coefficient (Wildman–Crippen LogP) is 1.49. The molecule has 0 atom stereocenters. The molecule has 0 radical (unpaired) electrons. The van der Waals surface area contributed by atoms with Crippen molar-refractivity contribution in [3.05, 3.63) is 36.4 Å². The molecule has 0 aromatic heterocycles. The minimum Gasteiger partial charge on any atom is -0.497 e. The molecule has 0 aliphatic carbocycles. The molecule has 0 unspecified atom stereocenters. The van der Waals surface area contributed by atoms with E-state index >= 15 is 0 Å². The van der Waals surface area contributed by atoms with Gasteiger partial charge in [0, 0.05) is 24.7 Å². The number of benzene rings is 1. The van der Waals surface area contributed by atoms with Crippen LogP contribution in [-0.4, -0.2) is 32.7 Å². The molecule has 1 aromatic rings. The van der Waals surface area contributed by atoms with Crippen molar-refractivity contribution in [2.45, 2.75) is 13.5 Å². The van der Waals surface area contributed by atoms with E-state index in [2.05, 4.69) is 17.2 Å². The van der Waals surface area contributed by atoms with Crippen LogP contribution in [0, 0.1) is 0 Å². The topological polar surface area (TPSA) is 59.6 Å². The van der Waals surface area contributed by atoms with Crippen molar-refractivity contribution in [3.8, 4) is 11.5 Å². The zero-order valence-electron chi connectivity index (χ0n) is 12.1. The van der Waals surface area contributed by atoms with E-state index in [0.717, 1.165) is 12.1 Å². The van der Waals surface area contributed by atoms with E-state index in [1.54, 1.807) is 19.3 Å². The van der Waals surface area contributed by atoms with Gasteiger partial charge in [-0.3, -0.25) is 4.79 Å². The first-order chi connectivity index (χ1) is 9.71. The number of nitrogens with one attached hydrogen (secondary N) is 2. The number of ether oxygens (including phenoxy) is 2. The predicted molar refractivity (Wildman–Crippen MR) is 79.1 cm³/mol. The molecule has 0 spiro atoms. The second kappa shape index (κ2) is 8.98. The largest absolute Gasteiger partial charge is 0.497 e. The molecule has 0 aliphatic heterocycles. The third-order valence-electron chi connectivity index (χ3n) is 2.64. The molecule has 0 saturated heterocycles. The van der Waals surface area contributed by atoms with Crippen LogP contribution in [0.1, 0.15) is 12.5 Å². The Kier molecular flexibility index (Phi) is 7.21. The van der Waals surface area contributed by atoms with Crippen LogP contribution in [-0.2, 0) is 11.3 Å². The number of carbonyl (C=O) groups excluding carboxylic acids is 1. The Morgan fingerprint density at radius 1 is 1.45 bits per heavy atom. The second-order valence-corrected chi connectivity index (χ2v) is 4.14. The highest BCUT2D eigenvalue weighted by Gasteiger charge is 2.08. The fourth-order valence-electron chi connectivity index (χ4n) is 1.58. The van der Waals surface area contributed by atoms with Crippen LogP contribution in [0.3, 0.4) is 0 Å². The lowest BCUT2D eigenvalue weighted by molar-refractivity contribution is -0.122. The van der Waals surface area contributed by atoms with Crippen molar-refractivity contribution in [3.63, 3.8) is 0 Å². The molecule has 0 bridgehead atoms. The van der Waals surface area contributed by atoms with Crippen molar-refractivity contribution in [2.75, 3.05) is 26.8 Å². The van der Waals surface area contributed by atoms with Gasteiger partial charge in [0.1, 0.15) is 11.5 Å². The number of hydrogen-bond donors (Lipinski definition) is 2. The van der Waals surface area contributed by atoms with Crippen molar-refractivity contribution in [2.24, 2.45) is 0 Å². The van der Waals surface area contributed by atoms with E-state index in [-0.39, 0.29) is 12.5 Å². The molecule has 0 aliphatic rings. The Morgan fingerprint density at radius 2 is 2.25 bits per heavy atom. The molecule has 1 amide bonds. The summed E-state index contributed by atoms with van der Waals surface area (Å²) < 4.78 is 10.7. The molecule has 0 saturated carbocycles. The molecule has 1 aromatic carbocycles. The first-order valence-electron chi connectivity index (χ1n) is 6.59. The van der Waals surface area contributed by atoms with E-state index in [0.29, 0.717) is 24.6 Å². The van der Waals surface area contributed by atoms with Crippen molar-refractivity contribution in [1.29, 1.82) is 0 Å². The molecule has 5 heteroatoms. The fourth-order valence-corrected chi connectivity index (χ4v) is 1.58. The van der Waals surface area contributed by atoms with Crippen LogP contribution in [0.15, 0.2) is 30.9 Å². The van der Waals surface area contributed by atoms with Crippen LogP contribution < -0.4 is 20.1 Å². The second-order valence-electron chi connectivity index (χ2n) is 4.14. The lowest BCUT2D eigenvalue weighted by Crippen LogP contribution is -2.29. The summed E-state index contributed by atoms with van der Waals surface area (Å²) in [4.78, 5) is 11.5. The monoisotopic (exact) mass is 278 g/mol. The van der Waals surface area contributed by atoms with Gasteiger partial charge < -0.3 is 20.1 Å². The zero-order chi connectivity index (χ0) is 14.8. The van der Waals surface area contributed by atoms with Gasteiger partial charge in [0.05, 0.1) is 7.11 Å². The van der Waals surface area contributed by atoms with Gasteiger partial charge in [0.2, 0.25) is 0 Å². The van der Waals surface area contributed by atoms with E-state index in [4.69, 9.17) is 9.47 Å². The van der Waals surface area contributed by atoms with Crippen LogP contribution >= 0.6 is 0 Å². The standard InChI is InChI=1S/C15H22N2O3/c1-4-8-17-15(18)11-20-14-9-13(19-3)7-6-12(14)10-16-5-2/h4,6-7,9,16H,1,5,8,10-11H2,2-3H3,(H,17,18). The fraction of sp³-hybridized carbons (Fsp3) is 0.400. The maximum Gasteiger partial charge on any atom is 0.258 e. The summed E-state index contributed by atoms with van der Waals surface area (Å²) in [5.41, 5.74) is 0.990. The minimum atomic E-state index is -0.179. The highest BCUT2D eigenvalue weighted by Crippen LogP contribution is 2.24. The Morgan fingerprint density at radius 3 is 2.90 bits per heavy atom. The van der Waals surface area contributed by atoms with Gasteiger partial charge in [-0.05, 0) is 12.6 Å². The van der Waals surface area contributed by atoms with Gasteiger partial charge >= 0.3 is 0 Å². The summed E-state index contributed by atoms with van der Waals surface area (Å²) in [5, 5.41) is 5.89. The number of carbonyl (C=O) groups is 1. The Balaban J connectivity index is 2.68. The normalized spacial score (nSPS) is 9.90. The van der Waals surface area contributed by atoms with E-state index in [1.807, 2.05) is 19.1 Å². The molecule has 1 rings (SSSR count). The van der Waals surface area contributed by atoms with Gasteiger partial charge in [-0.1, -0.05) is 19.1 Å². The Hall–Kier alpha value is -2.01. The summed E-state index contributed by atoms with van der Waals surface area (Å²) in [6.07, 6.45) is 1.63. The molecule has 0 fully saturated rings. The molecule has 0 heterocycles. The first-order valence-corrected chi connectivity index (χ1v) is 6.59. The number of methoxy groups -OCH3 is 1. The minimum absolute atomic E-state index is 0.0276. The molecule has 5 nitrogen and oxygen atoms in total. The lowest BCUT2D eigenvalue weighted by Gasteiger charge is -2.13. The SMILES string of the molecule is C=CCNC(=O)COc1cc(OC)ccc1CNCC. The molecule has 110 valence electrons. The van der Waals surface area contributed by atoms with Crippen LogP contribution in [0.25, 0.3) is 0 Å². The number of amides is 1. The summed E-state index contributed by atoms with van der Waals surface area (Å²) in [6, 6.07) is 5.59. The summed E-state index contributed by atoms with van der Waals surface area (Å²) in [6.45, 7) is 7.53. The Bertz CT molecular complexity index is 447. The molecular formula is C15H22N2O3.